The molecule has 0 aliphatic rings. The Labute approximate surface area is 142 Å². The Morgan fingerprint density at radius 3 is 2.45 bits per heavy atom. The van der Waals surface area contributed by atoms with Crippen LogP contribution in [0.15, 0.2) is 60.6 Å². The van der Waals surface area contributed by atoms with E-state index in [1.165, 1.54) is 20.5 Å². The minimum atomic E-state index is -0.597. The Morgan fingerprint density at radius 2 is 1.82 bits per heavy atom. The maximum Gasteiger partial charge on any atom is 0.377 e. The van der Waals surface area contributed by atoms with Gasteiger partial charge in [0.1, 0.15) is 12.0 Å². The van der Waals surface area contributed by atoms with E-state index < -0.39 is 5.97 Å². The molecule has 0 saturated heterocycles. The lowest BCUT2D eigenvalue weighted by molar-refractivity contribution is -0.138. The second-order valence-corrected chi connectivity index (χ2v) is 5.56. The summed E-state index contributed by atoms with van der Waals surface area (Å²) in [5.41, 5.74) is 1.88. The first-order valence-corrected chi connectivity index (χ1v) is 7.57. The van der Waals surface area contributed by atoms with Crippen LogP contribution in [0.3, 0.4) is 0 Å². The quantitative estimate of drug-likeness (QED) is 0.324. The summed E-state index contributed by atoms with van der Waals surface area (Å²) in [6, 6.07) is 15.6. The van der Waals surface area contributed by atoms with Crippen LogP contribution in [-0.4, -0.2) is 20.2 Å². The predicted octanol–water partition coefficient (Wildman–Crippen LogP) is 4.00. The molecule has 0 radical (unpaired) electrons. The summed E-state index contributed by atoms with van der Waals surface area (Å²) in [5.74, 6) is -0.0456. The summed E-state index contributed by atoms with van der Waals surface area (Å²) in [6.07, 6.45) is 1.22. The smallest absolute Gasteiger partial charge is 0.377 e. The van der Waals surface area contributed by atoms with Crippen LogP contribution in [0.1, 0.15) is 0 Å². The van der Waals surface area contributed by atoms with Gasteiger partial charge in [-0.25, -0.2) is 4.79 Å². The van der Waals surface area contributed by atoms with Gasteiger partial charge in [-0.2, -0.15) is 0 Å². The molecule has 0 amide bonds. The van der Waals surface area contributed by atoms with E-state index in [2.05, 4.69) is 22.6 Å². The SMILES string of the molecule is COC=C(Oc1cc(I)ccc1-c1ccccc1)C(=O)OC. The maximum absolute atomic E-state index is 11.7. The summed E-state index contributed by atoms with van der Waals surface area (Å²) in [6.45, 7) is 0. The molecular formula is C17H15IO4. The summed E-state index contributed by atoms with van der Waals surface area (Å²) < 4.78 is 16.3. The van der Waals surface area contributed by atoms with Crippen LogP contribution >= 0.6 is 22.6 Å². The summed E-state index contributed by atoms with van der Waals surface area (Å²) in [7, 11) is 2.74. The van der Waals surface area contributed by atoms with Gasteiger partial charge in [-0.1, -0.05) is 30.3 Å². The molecule has 0 fully saturated rings. The molecule has 0 aromatic heterocycles. The van der Waals surface area contributed by atoms with Crippen molar-refractivity contribution in [3.63, 3.8) is 0 Å². The average molecular weight is 410 g/mol. The normalized spacial score (nSPS) is 11.0. The van der Waals surface area contributed by atoms with Crippen LogP contribution in [0.25, 0.3) is 11.1 Å². The van der Waals surface area contributed by atoms with Gasteiger partial charge in [0.2, 0.25) is 5.76 Å². The van der Waals surface area contributed by atoms with Gasteiger partial charge < -0.3 is 14.2 Å². The number of carbonyl (C=O) groups is 1. The Morgan fingerprint density at radius 1 is 1.09 bits per heavy atom. The summed E-state index contributed by atoms with van der Waals surface area (Å²) >= 11 is 2.19. The van der Waals surface area contributed by atoms with Crippen LogP contribution in [0.4, 0.5) is 0 Å². The van der Waals surface area contributed by atoms with E-state index in [1.807, 2.05) is 48.5 Å². The number of hydrogen-bond acceptors (Lipinski definition) is 4. The van der Waals surface area contributed by atoms with Gasteiger partial charge in [0.05, 0.1) is 14.2 Å². The van der Waals surface area contributed by atoms with Crippen molar-refractivity contribution >= 4 is 28.6 Å². The Kier molecular flexibility index (Phi) is 5.83. The molecule has 0 bridgehead atoms. The number of benzene rings is 2. The first-order chi connectivity index (χ1) is 10.7. The van der Waals surface area contributed by atoms with Crippen LogP contribution in [0, 0.1) is 3.57 Å². The van der Waals surface area contributed by atoms with Crippen LogP contribution in [0.5, 0.6) is 5.75 Å². The molecule has 4 nitrogen and oxygen atoms in total. The number of esters is 1. The number of rotatable bonds is 5. The van der Waals surface area contributed by atoms with Gasteiger partial charge in [-0.3, -0.25) is 0 Å². The van der Waals surface area contributed by atoms with Crippen molar-refractivity contribution in [2.75, 3.05) is 14.2 Å². The van der Waals surface area contributed by atoms with Gasteiger partial charge in [-0.05, 0) is 46.4 Å². The molecule has 0 aliphatic heterocycles. The molecule has 2 aromatic rings. The monoisotopic (exact) mass is 410 g/mol. The Hall–Kier alpha value is -2.02. The van der Waals surface area contributed by atoms with Crippen molar-refractivity contribution in [3.05, 3.63) is 64.1 Å². The lowest BCUT2D eigenvalue weighted by atomic mass is 10.1. The lowest BCUT2D eigenvalue weighted by Gasteiger charge is -2.13. The van der Waals surface area contributed by atoms with Crippen LogP contribution < -0.4 is 4.74 Å². The molecular weight excluding hydrogens is 395 g/mol. The number of halogens is 1. The lowest BCUT2D eigenvalue weighted by Crippen LogP contribution is -2.11. The zero-order valence-electron chi connectivity index (χ0n) is 12.2. The van der Waals surface area contributed by atoms with Gasteiger partial charge in [0, 0.05) is 9.13 Å². The number of methoxy groups -OCH3 is 2. The van der Waals surface area contributed by atoms with Crippen molar-refractivity contribution in [2.24, 2.45) is 0 Å². The van der Waals surface area contributed by atoms with Gasteiger partial charge in [0.15, 0.2) is 0 Å². The molecule has 2 rings (SSSR count). The molecule has 5 heteroatoms. The maximum atomic E-state index is 11.7. The van der Waals surface area contributed by atoms with Gasteiger partial charge >= 0.3 is 5.97 Å². The van der Waals surface area contributed by atoms with E-state index in [0.29, 0.717) is 5.75 Å². The fourth-order valence-electron chi connectivity index (χ4n) is 1.88. The number of ether oxygens (including phenoxy) is 3. The Balaban J connectivity index is 2.44. The van der Waals surface area contributed by atoms with E-state index in [4.69, 9.17) is 14.2 Å². The molecule has 0 spiro atoms. The van der Waals surface area contributed by atoms with Crippen molar-refractivity contribution in [3.8, 4) is 16.9 Å². The van der Waals surface area contributed by atoms with Crippen LogP contribution in [-0.2, 0) is 14.3 Å². The second-order valence-electron chi connectivity index (χ2n) is 4.32. The van der Waals surface area contributed by atoms with E-state index in [9.17, 15) is 4.79 Å². The number of carbonyl (C=O) groups excluding carboxylic acids is 1. The molecule has 0 saturated carbocycles. The fraction of sp³-hybridized carbons (Fsp3) is 0.118. The van der Waals surface area contributed by atoms with E-state index in [0.717, 1.165) is 14.7 Å². The second kappa shape index (κ2) is 7.84. The third-order valence-electron chi connectivity index (χ3n) is 2.86. The highest BCUT2D eigenvalue weighted by atomic mass is 127. The molecule has 22 heavy (non-hydrogen) atoms. The molecule has 0 unspecified atom stereocenters. The Bertz CT molecular complexity index is 680. The van der Waals surface area contributed by atoms with Gasteiger partial charge in [-0.15, -0.1) is 0 Å². The molecule has 2 aromatic carbocycles. The highest BCUT2D eigenvalue weighted by molar-refractivity contribution is 14.1. The first kappa shape index (κ1) is 16.4. The molecule has 114 valence electrons. The third-order valence-corrected chi connectivity index (χ3v) is 3.53. The highest BCUT2D eigenvalue weighted by Gasteiger charge is 2.16. The van der Waals surface area contributed by atoms with Crippen molar-refractivity contribution in [1.29, 1.82) is 0 Å². The zero-order chi connectivity index (χ0) is 15.9. The zero-order valence-corrected chi connectivity index (χ0v) is 14.4. The largest absolute Gasteiger partial charge is 0.500 e. The number of hydrogen-bond donors (Lipinski definition) is 0. The van der Waals surface area contributed by atoms with E-state index in [1.54, 1.807) is 0 Å². The first-order valence-electron chi connectivity index (χ1n) is 6.50. The average Bonchev–Trinajstić information content (AvgIpc) is 2.54. The molecule has 0 N–H and O–H groups in total. The van der Waals surface area contributed by atoms with E-state index in [-0.39, 0.29) is 5.76 Å². The topological polar surface area (TPSA) is 44.8 Å². The fourth-order valence-corrected chi connectivity index (χ4v) is 2.34. The highest BCUT2D eigenvalue weighted by Crippen LogP contribution is 2.32. The molecule has 0 aliphatic carbocycles. The summed E-state index contributed by atoms with van der Waals surface area (Å²) in [5, 5.41) is 0. The minimum Gasteiger partial charge on any atom is -0.500 e. The third kappa shape index (κ3) is 4.00. The summed E-state index contributed by atoms with van der Waals surface area (Å²) in [4.78, 5) is 11.7. The standard InChI is InChI=1S/C17H15IO4/c1-20-11-16(17(19)21-2)22-15-10-13(18)8-9-14(15)12-6-4-3-5-7-12/h3-11H,1-2H3. The molecule has 0 heterocycles. The molecule has 0 atom stereocenters. The van der Waals surface area contributed by atoms with Crippen molar-refractivity contribution in [2.45, 2.75) is 0 Å². The van der Waals surface area contributed by atoms with E-state index >= 15 is 0 Å². The van der Waals surface area contributed by atoms with Crippen LogP contribution in [0.2, 0.25) is 0 Å². The van der Waals surface area contributed by atoms with Crippen molar-refractivity contribution < 1.29 is 19.0 Å². The minimum absolute atomic E-state index is 0.0100. The van der Waals surface area contributed by atoms with Crippen molar-refractivity contribution in [1.82, 2.24) is 0 Å². The van der Waals surface area contributed by atoms with Gasteiger partial charge in [0.25, 0.3) is 0 Å². The predicted molar refractivity (Wildman–Crippen MR) is 92.3 cm³/mol.